The van der Waals surface area contributed by atoms with E-state index in [1.165, 1.54) is 0 Å². The summed E-state index contributed by atoms with van der Waals surface area (Å²) in [5, 5.41) is 11.2. The van der Waals surface area contributed by atoms with Gasteiger partial charge in [-0.05, 0) is 22.8 Å². The van der Waals surface area contributed by atoms with Gasteiger partial charge in [0.25, 0.3) is 0 Å². The van der Waals surface area contributed by atoms with Crippen molar-refractivity contribution in [1.82, 2.24) is 0 Å². The van der Waals surface area contributed by atoms with Crippen LogP contribution in [-0.4, -0.2) is 5.11 Å². The second kappa shape index (κ2) is 4.60. The number of hydrogen-bond acceptors (Lipinski definition) is 1. The number of aliphatic hydroxyl groups is 1. The van der Waals surface area contributed by atoms with Crippen LogP contribution >= 0.6 is 11.6 Å². The lowest BCUT2D eigenvalue weighted by atomic mass is 9.83. The average molecular weight is 257 g/mol. The standard InChI is InChI=1S/C16H13ClO/c17-15-8-4-3-7-13(15)14-10-9-11-5-1-2-6-12(11)16(14)18/h1-10,14,16,18H/t14-,16?/m1/s1. The van der Waals surface area contributed by atoms with Crippen LogP contribution in [0.5, 0.6) is 0 Å². The predicted molar refractivity (Wildman–Crippen MR) is 74.6 cm³/mol. The molecule has 0 saturated heterocycles. The number of hydrogen-bond donors (Lipinski definition) is 1. The zero-order valence-corrected chi connectivity index (χ0v) is 10.5. The van der Waals surface area contributed by atoms with Crippen LogP contribution in [0.1, 0.15) is 28.7 Å². The van der Waals surface area contributed by atoms with E-state index in [-0.39, 0.29) is 5.92 Å². The van der Waals surface area contributed by atoms with Crippen molar-refractivity contribution in [3.8, 4) is 0 Å². The zero-order valence-electron chi connectivity index (χ0n) is 9.75. The van der Waals surface area contributed by atoms with Crippen LogP contribution in [0.15, 0.2) is 54.6 Å². The molecule has 0 heterocycles. The number of aliphatic hydroxyl groups excluding tert-OH is 1. The fraction of sp³-hybridized carbons (Fsp3) is 0.125. The highest BCUT2D eigenvalue weighted by Gasteiger charge is 2.26. The molecule has 2 aromatic carbocycles. The molecule has 0 bridgehead atoms. The van der Waals surface area contributed by atoms with Crippen LogP contribution in [0.2, 0.25) is 5.02 Å². The first-order valence-electron chi connectivity index (χ1n) is 5.97. The molecule has 2 heteroatoms. The molecule has 1 aliphatic rings. The highest BCUT2D eigenvalue weighted by molar-refractivity contribution is 6.31. The van der Waals surface area contributed by atoms with Gasteiger partial charge in [-0.3, -0.25) is 0 Å². The maximum Gasteiger partial charge on any atom is 0.0899 e. The van der Waals surface area contributed by atoms with Crippen molar-refractivity contribution in [3.63, 3.8) is 0 Å². The monoisotopic (exact) mass is 256 g/mol. The summed E-state index contributed by atoms with van der Waals surface area (Å²) < 4.78 is 0. The smallest absolute Gasteiger partial charge is 0.0899 e. The third kappa shape index (κ3) is 1.86. The lowest BCUT2D eigenvalue weighted by molar-refractivity contribution is 0.160. The molecule has 1 aliphatic carbocycles. The zero-order chi connectivity index (χ0) is 12.5. The van der Waals surface area contributed by atoms with Crippen LogP contribution in [0.3, 0.4) is 0 Å². The van der Waals surface area contributed by atoms with Gasteiger partial charge in [-0.2, -0.15) is 0 Å². The Labute approximate surface area is 111 Å². The van der Waals surface area contributed by atoms with Crippen molar-refractivity contribution in [1.29, 1.82) is 0 Å². The molecule has 2 aromatic rings. The van der Waals surface area contributed by atoms with Crippen LogP contribution in [-0.2, 0) is 0 Å². The van der Waals surface area contributed by atoms with Gasteiger partial charge in [0, 0.05) is 10.9 Å². The van der Waals surface area contributed by atoms with Crippen molar-refractivity contribution < 1.29 is 5.11 Å². The third-order valence-corrected chi connectivity index (χ3v) is 3.75. The van der Waals surface area contributed by atoms with Gasteiger partial charge in [-0.25, -0.2) is 0 Å². The van der Waals surface area contributed by atoms with E-state index < -0.39 is 6.10 Å². The summed E-state index contributed by atoms with van der Waals surface area (Å²) in [7, 11) is 0. The highest BCUT2D eigenvalue weighted by atomic mass is 35.5. The van der Waals surface area contributed by atoms with Crippen molar-refractivity contribution in [3.05, 3.63) is 76.3 Å². The second-order valence-electron chi connectivity index (χ2n) is 4.48. The Bertz CT molecular complexity index is 604. The molecule has 2 atom stereocenters. The summed E-state index contributed by atoms with van der Waals surface area (Å²) in [6.07, 6.45) is 3.54. The van der Waals surface area contributed by atoms with Gasteiger partial charge in [0.05, 0.1) is 6.10 Å². The molecular formula is C16H13ClO. The van der Waals surface area contributed by atoms with Crippen LogP contribution < -0.4 is 0 Å². The van der Waals surface area contributed by atoms with Crippen LogP contribution in [0.25, 0.3) is 6.08 Å². The minimum atomic E-state index is -0.536. The number of fused-ring (bicyclic) bond motifs is 1. The third-order valence-electron chi connectivity index (χ3n) is 3.40. The van der Waals surface area contributed by atoms with Crippen molar-refractivity contribution in [2.75, 3.05) is 0 Å². The Balaban J connectivity index is 2.06. The Morgan fingerprint density at radius 2 is 1.56 bits per heavy atom. The maximum absolute atomic E-state index is 10.5. The summed E-state index contributed by atoms with van der Waals surface area (Å²) >= 11 is 6.20. The first kappa shape index (κ1) is 11.5. The molecule has 3 rings (SSSR count). The van der Waals surface area contributed by atoms with Gasteiger partial charge in [0.1, 0.15) is 0 Å². The first-order valence-corrected chi connectivity index (χ1v) is 6.35. The lowest BCUT2D eigenvalue weighted by Crippen LogP contribution is -2.13. The Morgan fingerprint density at radius 3 is 2.33 bits per heavy atom. The van der Waals surface area contributed by atoms with Crippen molar-refractivity contribution in [2.45, 2.75) is 12.0 Å². The van der Waals surface area contributed by atoms with Crippen molar-refractivity contribution >= 4 is 17.7 Å². The Kier molecular flexibility index (Phi) is 2.94. The Hall–Kier alpha value is -1.57. The molecule has 18 heavy (non-hydrogen) atoms. The van der Waals surface area contributed by atoms with E-state index in [4.69, 9.17) is 11.6 Å². The minimum absolute atomic E-state index is 0.0754. The van der Waals surface area contributed by atoms with E-state index in [1.807, 2.05) is 54.6 Å². The summed E-state index contributed by atoms with van der Waals surface area (Å²) in [6.45, 7) is 0. The molecule has 0 amide bonds. The molecular weight excluding hydrogens is 244 g/mol. The first-order chi connectivity index (χ1) is 8.77. The molecule has 0 aromatic heterocycles. The largest absolute Gasteiger partial charge is 0.387 e. The molecule has 1 nitrogen and oxygen atoms in total. The predicted octanol–water partition coefficient (Wildman–Crippen LogP) is 4.18. The van der Waals surface area contributed by atoms with Gasteiger partial charge in [-0.1, -0.05) is 66.2 Å². The molecule has 1 unspecified atom stereocenters. The second-order valence-corrected chi connectivity index (χ2v) is 4.89. The van der Waals surface area contributed by atoms with E-state index in [1.54, 1.807) is 0 Å². The molecule has 0 radical (unpaired) electrons. The van der Waals surface area contributed by atoms with E-state index in [0.717, 1.165) is 16.7 Å². The normalized spacial score (nSPS) is 21.7. The molecule has 0 aliphatic heterocycles. The van der Waals surface area contributed by atoms with Crippen LogP contribution in [0, 0.1) is 0 Å². The molecule has 0 fully saturated rings. The maximum atomic E-state index is 10.5. The fourth-order valence-electron chi connectivity index (χ4n) is 2.46. The van der Waals surface area contributed by atoms with Crippen molar-refractivity contribution in [2.24, 2.45) is 0 Å². The Morgan fingerprint density at radius 1 is 0.889 bits per heavy atom. The van der Waals surface area contributed by atoms with E-state index in [0.29, 0.717) is 5.02 Å². The lowest BCUT2D eigenvalue weighted by Gasteiger charge is -2.26. The summed E-state index contributed by atoms with van der Waals surface area (Å²) in [6, 6.07) is 15.6. The van der Waals surface area contributed by atoms with Gasteiger partial charge < -0.3 is 5.11 Å². The van der Waals surface area contributed by atoms with E-state index in [2.05, 4.69) is 6.08 Å². The van der Waals surface area contributed by atoms with E-state index >= 15 is 0 Å². The van der Waals surface area contributed by atoms with Gasteiger partial charge in [-0.15, -0.1) is 0 Å². The molecule has 0 saturated carbocycles. The number of rotatable bonds is 1. The minimum Gasteiger partial charge on any atom is -0.387 e. The van der Waals surface area contributed by atoms with Gasteiger partial charge in [0.2, 0.25) is 0 Å². The SMILES string of the molecule is OC1c2ccccc2C=C[C@@H]1c1ccccc1Cl. The average Bonchev–Trinajstić information content (AvgIpc) is 2.41. The molecule has 90 valence electrons. The quantitative estimate of drug-likeness (QED) is 0.811. The summed E-state index contributed by atoms with van der Waals surface area (Å²) in [4.78, 5) is 0. The molecule has 0 spiro atoms. The number of benzene rings is 2. The van der Waals surface area contributed by atoms with Gasteiger partial charge >= 0.3 is 0 Å². The highest BCUT2D eigenvalue weighted by Crippen LogP contribution is 2.40. The summed E-state index contributed by atoms with van der Waals surface area (Å²) in [5.41, 5.74) is 3.01. The van der Waals surface area contributed by atoms with Crippen LogP contribution in [0.4, 0.5) is 0 Å². The molecule has 1 N–H and O–H groups in total. The number of halogens is 1. The topological polar surface area (TPSA) is 20.2 Å². The fourth-order valence-corrected chi connectivity index (χ4v) is 2.72. The van der Waals surface area contributed by atoms with E-state index in [9.17, 15) is 5.11 Å². The van der Waals surface area contributed by atoms with Gasteiger partial charge in [0.15, 0.2) is 0 Å². The summed E-state index contributed by atoms with van der Waals surface area (Å²) in [5.74, 6) is -0.0754.